The van der Waals surface area contributed by atoms with Crippen LogP contribution in [0.15, 0.2) is 18.2 Å². The summed E-state index contributed by atoms with van der Waals surface area (Å²) < 4.78 is 6.45. The molecule has 0 saturated carbocycles. The van der Waals surface area contributed by atoms with E-state index in [0.29, 0.717) is 5.92 Å². The van der Waals surface area contributed by atoms with Crippen LogP contribution in [-0.2, 0) is 0 Å². The van der Waals surface area contributed by atoms with Gasteiger partial charge in [0.15, 0.2) is 0 Å². The Morgan fingerprint density at radius 3 is 3.16 bits per heavy atom. The molecule has 0 amide bonds. The Balaban J connectivity index is 1.72. The molecule has 1 spiro atoms. The van der Waals surface area contributed by atoms with Crippen LogP contribution in [0.2, 0.25) is 5.02 Å². The van der Waals surface area contributed by atoms with E-state index in [1.807, 2.05) is 18.2 Å². The molecule has 2 saturated heterocycles. The third-order valence-electron chi connectivity index (χ3n) is 5.12. The quantitative estimate of drug-likeness (QED) is 0.793. The molecule has 3 heterocycles. The maximum atomic E-state index is 6.45. The van der Waals surface area contributed by atoms with Crippen molar-refractivity contribution in [2.75, 3.05) is 19.6 Å². The molecular weight excluding hydrogens is 260 g/mol. The summed E-state index contributed by atoms with van der Waals surface area (Å²) in [5.74, 6) is 1.58. The number of halogens is 1. The van der Waals surface area contributed by atoms with Crippen molar-refractivity contribution >= 4 is 11.6 Å². The Hall–Kier alpha value is -0.770. The highest BCUT2D eigenvalue weighted by Crippen LogP contribution is 2.48. The Morgan fingerprint density at radius 2 is 2.26 bits per heavy atom. The summed E-state index contributed by atoms with van der Waals surface area (Å²) in [5.41, 5.74) is 7.43. The normalized spacial score (nSPS) is 40.0. The first-order valence-electron chi connectivity index (χ1n) is 7.13. The molecule has 0 aromatic heterocycles. The average molecular weight is 279 g/mol. The van der Waals surface area contributed by atoms with Gasteiger partial charge in [-0.15, -0.1) is 0 Å². The van der Waals surface area contributed by atoms with E-state index in [1.165, 1.54) is 19.5 Å². The van der Waals surface area contributed by atoms with Crippen LogP contribution in [0, 0.1) is 5.92 Å². The lowest BCUT2D eigenvalue weighted by Gasteiger charge is -2.47. The van der Waals surface area contributed by atoms with Crippen LogP contribution in [-0.4, -0.2) is 30.1 Å². The van der Waals surface area contributed by atoms with E-state index in [-0.39, 0.29) is 11.6 Å². The predicted molar refractivity (Wildman–Crippen MR) is 75.5 cm³/mol. The molecule has 102 valence electrons. The van der Waals surface area contributed by atoms with E-state index in [2.05, 4.69) is 4.90 Å². The van der Waals surface area contributed by atoms with E-state index in [4.69, 9.17) is 22.1 Å². The minimum atomic E-state index is -0.0345. The van der Waals surface area contributed by atoms with Gasteiger partial charge in [0.1, 0.15) is 11.4 Å². The number of fused-ring (bicyclic) bond motifs is 4. The number of hydrogen-bond acceptors (Lipinski definition) is 3. The Morgan fingerprint density at radius 1 is 1.37 bits per heavy atom. The molecule has 1 aromatic rings. The predicted octanol–water partition coefficient (Wildman–Crippen LogP) is 2.59. The van der Waals surface area contributed by atoms with E-state index < -0.39 is 0 Å². The number of piperidine rings is 1. The minimum Gasteiger partial charge on any atom is -0.486 e. The molecule has 2 fully saturated rings. The highest BCUT2D eigenvalue weighted by Gasteiger charge is 2.51. The number of nitrogens with two attached hydrogens (primary N) is 1. The molecule has 4 rings (SSSR count). The van der Waals surface area contributed by atoms with Crippen molar-refractivity contribution in [1.29, 1.82) is 0 Å². The minimum absolute atomic E-state index is 0.0345. The molecule has 0 radical (unpaired) electrons. The van der Waals surface area contributed by atoms with Gasteiger partial charge in [-0.2, -0.15) is 0 Å². The standard InChI is InChI=1S/C15H19ClN2O/c16-11-1-2-14-12(7-11)13(17)8-15(19-14)4-6-18-5-3-10(15)9-18/h1-2,7,10,13H,3-6,8-9,17H2/t10?,13-,15?/m1/s1. The SMILES string of the molecule is N[C@@H]1CC2(CCN3CCC2C3)Oc2ccc(Cl)cc21. The van der Waals surface area contributed by atoms with E-state index in [9.17, 15) is 0 Å². The topological polar surface area (TPSA) is 38.5 Å². The fraction of sp³-hybridized carbons (Fsp3) is 0.600. The molecule has 3 unspecified atom stereocenters. The van der Waals surface area contributed by atoms with Crippen molar-refractivity contribution in [3.63, 3.8) is 0 Å². The van der Waals surface area contributed by atoms with Crippen molar-refractivity contribution in [1.82, 2.24) is 4.90 Å². The largest absolute Gasteiger partial charge is 0.486 e. The van der Waals surface area contributed by atoms with Crippen LogP contribution in [0.5, 0.6) is 5.75 Å². The highest BCUT2D eigenvalue weighted by atomic mass is 35.5. The smallest absolute Gasteiger partial charge is 0.125 e. The second kappa shape index (κ2) is 4.11. The van der Waals surface area contributed by atoms with Gasteiger partial charge in [-0.1, -0.05) is 11.6 Å². The molecule has 2 bridgehead atoms. The summed E-state index contributed by atoms with van der Waals surface area (Å²) in [4.78, 5) is 2.54. The molecule has 0 aliphatic carbocycles. The number of nitrogens with zero attached hydrogens (tertiary/aromatic N) is 1. The van der Waals surface area contributed by atoms with Crippen LogP contribution in [0.3, 0.4) is 0 Å². The number of ether oxygens (including phenoxy) is 1. The second-order valence-corrected chi connectivity index (χ2v) is 6.63. The first kappa shape index (κ1) is 12.0. The van der Waals surface area contributed by atoms with E-state index >= 15 is 0 Å². The lowest BCUT2D eigenvalue weighted by molar-refractivity contribution is -0.0439. The van der Waals surface area contributed by atoms with Crippen LogP contribution < -0.4 is 10.5 Å². The summed E-state index contributed by atoms with van der Waals surface area (Å²) in [6.07, 6.45) is 3.28. The fourth-order valence-corrected chi connectivity index (χ4v) is 4.25. The zero-order valence-electron chi connectivity index (χ0n) is 10.9. The fourth-order valence-electron chi connectivity index (χ4n) is 4.06. The summed E-state index contributed by atoms with van der Waals surface area (Å²) >= 11 is 6.06. The van der Waals surface area contributed by atoms with Crippen molar-refractivity contribution in [2.24, 2.45) is 11.7 Å². The molecule has 4 heteroatoms. The summed E-state index contributed by atoms with van der Waals surface area (Å²) in [5, 5.41) is 0.740. The van der Waals surface area contributed by atoms with Gasteiger partial charge in [0.2, 0.25) is 0 Å². The van der Waals surface area contributed by atoms with Gasteiger partial charge in [-0.3, -0.25) is 0 Å². The molecule has 3 aliphatic heterocycles. The van der Waals surface area contributed by atoms with E-state index in [0.717, 1.165) is 35.7 Å². The lowest BCUT2D eigenvalue weighted by atomic mass is 9.75. The number of rotatable bonds is 0. The van der Waals surface area contributed by atoms with Gasteiger partial charge in [0.25, 0.3) is 0 Å². The Bertz CT molecular complexity index is 521. The number of benzene rings is 1. The van der Waals surface area contributed by atoms with Crippen molar-refractivity contribution < 1.29 is 4.74 Å². The molecule has 19 heavy (non-hydrogen) atoms. The first-order valence-corrected chi connectivity index (χ1v) is 7.50. The monoisotopic (exact) mass is 278 g/mol. The van der Waals surface area contributed by atoms with Gasteiger partial charge in [-0.05, 0) is 31.2 Å². The van der Waals surface area contributed by atoms with Crippen LogP contribution >= 0.6 is 11.6 Å². The Labute approximate surface area is 118 Å². The van der Waals surface area contributed by atoms with Gasteiger partial charge in [0.05, 0.1) is 0 Å². The average Bonchev–Trinajstić information content (AvgIpc) is 2.81. The van der Waals surface area contributed by atoms with Crippen LogP contribution in [0.4, 0.5) is 0 Å². The zero-order valence-corrected chi connectivity index (χ0v) is 11.7. The Kier molecular flexibility index (Phi) is 2.60. The second-order valence-electron chi connectivity index (χ2n) is 6.20. The molecule has 3 aliphatic rings. The summed E-state index contributed by atoms with van der Waals surface area (Å²) in [6.45, 7) is 3.54. The lowest BCUT2D eigenvalue weighted by Crippen LogP contribution is -2.53. The van der Waals surface area contributed by atoms with E-state index in [1.54, 1.807) is 0 Å². The third-order valence-corrected chi connectivity index (χ3v) is 5.35. The molecule has 2 N–H and O–H groups in total. The van der Waals surface area contributed by atoms with Crippen LogP contribution in [0.25, 0.3) is 0 Å². The van der Waals surface area contributed by atoms with Crippen LogP contribution in [0.1, 0.15) is 30.9 Å². The highest BCUT2D eigenvalue weighted by molar-refractivity contribution is 6.30. The summed E-state index contributed by atoms with van der Waals surface area (Å²) in [6, 6.07) is 5.89. The maximum absolute atomic E-state index is 6.45. The van der Waals surface area contributed by atoms with Crippen molar-refractivity contribution in [2.45, 2.75) is 30.9 Å². The molecule has 1 aromatic carbocycles. The van der Waals surface area contributed by atoms with Gasteiger partial charge < -0.3 is 15.4 Å². The van der Waals surface area contributed by atoms with Gasteiger partial charge >= 0.3 is 0 Å². The molecular formula is C15H19ClN2O. The molecule has 3 nitrogen and oxygen atoms in total. The first-order chi connectivity index (χ1) is 9.16. The van der Waals surface area contributed by atoms with Gasteiger partial charge in [0, 0.05) is 48.5 Å². The van der Waals surface area contributed by atoms with Crippen molar-refractivity contribution in [3.8, 4) is 5.75 Å². The third kappa shape index (κ3) is 1.79. The summed E-state index contributed by atoms with van der Waals surface area (Å²) in [7, 11) is 0. The molecule has 4 atom stereocenters. The van der Waals surface area contributed by atoms with Gasteiger partial charge in [-0.25, -0.2) is 0 Å². The number of hydrogen-bond donors (Lipinski definition) is 1. The zero-order chi connectivity index (χ0) is 13.0. The van der Waals surface area contributed by atoms with Crippen molar-refractivity contribution in [3.05, 3.63) is 28.8 Å². The maximum Gasteiger partial charge on any atom is 0.125 e.